The Morgan fingerprint density at radius 1 is 1.12 bits per heavy atom. The molecule has 2 amide bonds. The smallest absolute Gasteiger partial charge is 0.233 e. The summed E-state index contributed by atoms with van der Waals surface area (Å²) < 4.78 is 1.91. The molecule has 1 aromatic carbocycles. The van der Waals surface area contributed by atoms with Crippen molar-refractivity contribution in [3.8, 4) is 5.69 Å². The molecule has 1 fully saturated rings. The third kappa shape index (κ3) is 5.83. The third-order valence-corrected chi connectivity index (χ3v) is 6.94. The first-order valence-corrected chi connectivity index (χ1v) is 12.5. The van der Waals surface area contributed by atoms with Gasteiger partial charge in [0.1, 0.15) is 0 Å². The summed E-state index contributed by atoms with van der Waals surface area (Å²) in [6.07, 6.45) is 7.02. The van der Waals surface area contributed by atoms with Crippen molar-refractivity contribution in [1.29, 1.82) is 0 Å². The zero-order chi connectivity index (χ0) is 23.9. The largest absolute Gasteiger partial charge is 0.341 e. The van der Waals surface area contributed by atoms with E-state index in [1.165, 1.54) is 17.3 Å². The molecule has 4 rings (SSSR count). The summed E-state index contributed by atoms with van der Waals surface area (Å²) in [7, 11) is 1.82. The molecule has 1 aliphatic rings. The zero-order valence-electron chi connectivity index (χ0n) is 19.7. The predicted molar refractivity (Wildman–Crippen MR) is 131 cm³/mol. The number of amides is 2. The zero-order valence-corrected chi connectivity index (χ0v) is 20.5. The van der Waals surface area contributed by atoms with E-state index in [0.717, 1.165) is 37.1 Å². The van der Waals surface area contributed by atoms with Crippen LogP contribution in [0.25, 0.3) is 5.69 Å². The van der Waals surface area contributed by atoms with Gasteiger partial charge in [-0.15, -0.1) is 10.2 Å². The molecule has 34 heavy (non-hydrogen) atoms. The van der Waals surface area contributed by atoms with Crippen molar-refractivity contribution in [2.24, 2.45) is 0 Å². The van der Waals surface area contributed by atoms with Crippen molar-refractivity contribution >= 4 is 23.6 Å². The van der Waals surface area contributed by atoms with Crippen molar-refractivity contribution < 1.29 is 9.59 Å². The van der Waals surface area contributed by atoms with Gasteiger partial charge in [0.15, 0.2) is 11.0 Å². The Morgan fingerprint density at radius 3 is 2.76 bits per heavy atom. The van der Waals surface area contributed by atoms with Gasteiger partial charge < -0.3 is 9.80 Å². The van der Waals surface area contributed by atoms with Crippen LogP contribution in [0.3, 0.4) is 0 Å². The summed E-state index contributed by atoms with van der Waals surface area (Å²) in [5.74, 6) is 1.08. The third-order valence-electron chi connectivity index (χ3n) is 6.03. The first-order chi connectivity index (χ1) is 16.5. The first kappa shape index (κ1) is 23.9. The molecule has 0 aliphatic carbocycles. The highest BCUT2D eigenvalue weighted by Gasteiger charge is 2.23. The second-order valence-electron chi connectivity index (χ2n) is 8.54. The summed E-state index contributed by atoms with van der Waals surface area (Å²) in [4.78, 5) is 33.2. The number of hydrogen-bond donors (Lipinski definition) is 0. The Morgan fingerprint density at radius 2 is 1.97 bits per heavy atom. The monoisotopic (exact) mass is 478 g/mol. The van der Waals surface area contributed by atoms with Crippen LogP contribution < -0.4 is 0 Å². The lowest BCUT2D eigenvalue weighted by molar-refractivity contribution is -0.131. The van der Waals surface area contributed by atoms with E-state index in [-0.39, 0.29) is 17.6 Å². The van der Waals surface area contributed by atoms with Crippen LogP contribution in [0, 0.1) is 6.92 Å². The van der Waals surface area contributed by atoms with Gasteiger partial charge in [-0.25, -0.2) is 0 Å². The molecule has 1 saturated heterocycles. The number of pyridine rings is 1. The van der Waals surface area contributed by atoms with Crippen LogP contribution in [0.1, 0.15) is 42.6 Å². The predicted octanol–water partition coefficient (Wildman–Crippen LogP) is 3.62. The summed E-state index contributed by atoms with van der Waals surface area (Å²) >= 11 is 1.35. The molecule has 0 N–H and O–H groups in total. The average molecular weight is 479 g/mol. The number of carbonyl (C=O) groups excluding carboxylic acids is 2. The summed E-state index contributed by atoms with van der Waals surface area (Å²) in [6.45, 7) is 3.73. The second kappa shape index (κ2) is 11.3. The van der Waals surface area contributed by atoms with E-state index in [9.17, 15) is 9.59 Å². The lowest BCUT2D eigenvalue weighted by atomic mass is 10.1. The first-order valence-electron chi connectivity index (χ1n) is 11.6. The van der Waals surface area contributed by atoms with Gasteiger partial charge >= 0.3 is 0 Å². The molecule has 9 heteroatoms. The number of aromatic nitrogens is 4. The van der Waals surface area contributed by atoms with Crippen LogP contribution in [0.15, 0.2) is 53.9 Å². The molecule has 178 valence electrons. The molecule has 0 radical (unpaired) electrons. The molecule has 0 saturated carbocycles. The van der Waals surface area contributed by atoms with Crippen LogP contribution in [0.5, 0.6) is 0 Å². The van der Waals surface area contributed by atoms with Crippen LogP contribution >= 0.6 is 11.8 Å². The molecule has 3 aromatic rings. The van der Waals surface area contributed by atoms with Gasteiger partial charge in [0.25, 0.3) is 0 Å². The molecule has 2 aromatic heterocycles. The molecule has 8 nitrogen and oxygen atoms in total. The Kier molecular flexibility index (Phi) is 7.95. The fourth-order valence-corrected chi connectivity index (χ4v) is 4.90. The Bertz CT molecular complexity index is 1130. The van der Waals surface area contributed by atoms with Gasteiger partial charge in [0, 0.05) is 32.8 Å². The van der Waals surface area contributed by atoms with Gasteiger partial charge in [0.05, 0.1) is 24.2 Å². The lowest BCUT2D eigenvalue weighted by Gasteiger charge is -2.21. The van der Waals surface area contributed by atoms with Gasteiger partial charge in [-0.3, -0.25) is 19.1 Å². The average Bonchev–Trinajstić information content (AvgIpc) is 3.14. The summed E-state index contributed by atoms with van der Waals surface area (Å²) in [6, 6.07) is 11.9. The molecule has 3 heterocycles. The maximum Gasteiger partial charge on any atom is 0.233 e. The van der Waals surface area contributed by atoms with Crippen molar-refractivity contribution in [1.82, 2.24) is 29.5 Å². The number of likely N-dealkylation sites (tertiary alicyclic amines) is 1. The van der Waals surface area contributed by atoms with Crippen LogP contribution in [-0.2, 0) is 22.7 Å². The Labute approximate surface area is 204 Å². The molecule has 0 atom stereocenters. The lowest BCUT2D eigenvalue weighted by Crippen LogP contribution is -2.31. The van der Waals surface area contributed by atoms with Gasteiger partial charge in [-0.05, 0) is 43.0 Å². The van der Waals surface area contributed by atoms with Gasteiger partial charge in [-0.1, -0.05) is 42.4 Å². The van der Waals surface area contributed by atoms with Crippen molar-refractivity contribution in [2.45, 2.75) is 50.9 Å². The Hall–Kier alpha value is -3.20. The van der Waals surface area contributed by atoms with Crippen LogP contribution in [0.2, 0.25) is 0 Å². The standard InChI is InChI=1S/C25H30N6O2S/c1-19-9-5-6-10-20(19)16-29(2)24(33)18-34-25-28-27-22(31(25)21-11-8-13-26-15-21)17-30-14-7-3-4-12-23(30)32/h5-6,8-11,13,15H,3-4,7,12,14,16-18H2,1-2H3. The number of nitrogens with zero attached hydrogens (tertiary/aromatic N) is 6. The fourth-order valence-electron chi connectivity index (χ4n) is 3.99. The van der Waals surface area contributed by atoms with Gasteiger partial charge in [0.2, 0.25) is 11.8 Å². The van der Waals surface area contributed by atoms with Crippen molar-refractivity contribution in [2.75, 3.05) is 19.3 Å². The maximum absolute atomic E-state index is 12.9. The number of aryl methyl sites for hydroxylation is 1. The van der Waals surface area contributed by atoms with E-state index in [1.54, 1.807) is 17.3 Å². The van der Waals surface area contributed by atoms with E-state index in [0.29, 0.717) is 30.5 Å². The summed E-state index contributed by atoms with van der Waals surface area (Å²) in [5, 5.41) is 9.39. The summed E-state index contributed by atoms with van der Waals surface area (Å²) in [5.41, 5.74) is 3.11. The van der Waals surface area contributed by atoms with Crippen molar-refractivity contribution in [3.05, 3.63) is 65.7 Å². The topological polar surface area (TPSA) is 84.2 Å². The van der Waals surface area contributed by atoms with E-state index >= 15 is 0 Å². The molecule has 1 aliphatic heterocycles. The normalized spacial score (nSPS) is 14.2. The maximum atomic E-state index is 12.9. The fraction of sp³-hybridized carbons (Fsp3) is 0.400. The number of hydrogen-bond acceptors (Lipinski definition) is 6. The molecular weight excluding hydrogens is 448 g/mol. The number of thioether (sulfide) groups is 1. The molecule has 0 bridgehead atoms. The highest BCUT2D eigenvalue weighted by molar-refractivity contribution is 7.99. The van der Waals surface area contributed by atoms with E-state index in [2.05, 4.69) is 28.2 Å². The number of carbonyl (C=O) groups is 2. The van der Waals surface area contributed by atoms with Crippen molar-refractivity contribution in [3.63, 3.8) is 0 Å². The SMILES string of the molecule is Cc1ccccc1CN(C)C(=O)CSc1nnc(CN2CCCCCC2=O)n1-c1cccnc1. The van der Waals surface area contributed by atoms with Crippen LogP contribution in [-0.4, -0.2) is 60.7 Å². The molecule has 0 unspecified atom stereocenters. The molecule has 0 spiro atoms. The second-order valence-corrected chi connectivity index (χ2v) is 9.48. The Balaban J connectivity index is 1.49. The van der Waals surface area contributed by atoms with E-state index in [1.807, 2.05) is 46.8 Å². The van der Waals surface area contributed by atoms with Gasteiger partial charge in [-0.2, -0.15) is 0 Å². The highest BCUT2D eigenvalue weighted by Crippen LogP contribution is 2.24. The highest BCUT2D eigenvalue weighted by atomic mass is 32.2. The number of benzene rings is 1. The van der Waals surface area contributed by atoms with Crippen LogP contribution in [0.4, 0.5) is 0 Å². The minimum Gasteiger partial charge on any atom is -0.341 e. The minimum absolute atomic E-state index is 0.0123. The molecular formula is C25H30N6O2S. The van der Waals surface area contributed by atoms with E-state index in [4.69, 9.17) is 0 Å². The van der Waals surface area contributed by atoms with E-state index < -0.39 is 0 Å². The number of rotatable bonds is 8. The quantitative estimate of drug-likeness (QED) is 0.460. The minimum atomic E-state index is 0.0123.